The maximum atomic E-state index is 12.7. The van der Waals surface area contributed by atoms with Gasteiger partial charge in [-0.2, -0.15) is 0 Å². The lowest BCUT2D eigenvalue weighted by molar-refractivity contribution is -0.137. The first kappa shape index (κ1) is 33.8. The fourth-order valence-electron chi connectivity index (χ4n) is 3.64. The molecule has 2 rings (SSSR count). The number of esters is 1. The first-order chi connectivity index (χ1) is 19.0. The zero-order valence-corrected chi connectivity index (χ0v) is 23.8. The SMILES string of the molecule is C=C/C=C\C.CCOC(=O)/C=C/C(CC1CCNC1=O)NC(=O)CNC(=O)C(NC(=O)c1cc(C)on1)C(C)C. The van der Waals surface area contributed by atoms with Crippen molar-refractivity contribution in [3.63, 3.8) is 0 Å². The summed E-state index contributed by atoms with van der Waals surface area (Å²) in [6.07, 6.45) is 9.17. The smallest absolute Gasteiger partial charge is 0.330 e. The molecule has 1 fully saturated rings. The van der Waals surface area contributed by atoms with Crippen molar-refractivity contribution in [3.05, 3.63) is 54.5 Å². The van der Waals surface area contributed by atoms with Crippen LogP contribution in [-0.4, -0.2) is 66.5 Å². The summed E-state index contributed by atoms with van der Waals surface area (Å²) in [4.78, 5) is 61.2. The summed E-state index contributed by atoms with van der Waals surface area (Å²) >= 11 is 0. The van der Waals surface area contributed by atoms with Gasteiger partial charge in [-0.05, 0) is 39.5 Å². The van der Waals surface area contributed by atoms with Crippen LogP contribution < -0.4 is 21.3 Å². The molecule has 4 amide bonds. The van der Waals surface area contributed by atoms with Gasteiger partial charge in [0.1, 0.15) is 11.8 Å². The van der Waals surface area contributed by atoms with Crippen LogP contribution in [-0.2, 0) is 23.9 Å². The van der Waals surface area contributed by atoms with E-state index in [0.717, 1.165) is 0 Å². The Balaban J connectivity index is 0.00000146. The number of amides is 4. The third-order valence-electron chi connectivity index (χ3n) is 5.65. The molecular formula is C28H41N5O7. The Hall–Kier alpha value is -4.22. The highest BCUT2D eigenvalue weighted by molar-refractivity contribution is 5.96. The Morgan fingerprint density at radius 2 is 2.00 bits per heavy atom. The summed E-state index contributed by atoms with van der Waals surface area (Å²) in [5.74, 6) is -2.42. The number of rotatable bonds is 13. The number of allylic oxidation sites excluding steroid dienone is 3. The first-order valence-electron chi connectivity index (χ1n) is 13.2. The summed E-state index contributed by atoms with van der Waals surface area (Å²) in [6.45, 7) is 12.6. The molecule has 0 aromatic carbocycles. The zero-order chi connectivity index (χ0) is 30.1. The number of hydrogen-bond donors (Lipinski definition) is 4. The van der Waals surface area contributed by atoms with Gasteiger partial charge in [0.2, 0.25) is 17.7 Å². The highest BCUT2D eigenvalue weighted by Gasteiger charge is 2.28. The van der Waals surface area contributed by atoms with E-state index in [-0.39, 0.29) is 36.6 Å². The van der Waals surface area contributed by atoms with Crippen LogP contribution in [0.3, 0.4) is 0 Å². The van der Waals surface area contributed by atoms with Crippen molar-refractivity contribution < 1.29 is 33.2 Å². The third kappa shape index (κ3) is 12.5. The van der Waals surface area contributed by atoms with Crippen LogP contribution in [0.1, 0.15) is 56.8 Å². The predicted molar refractivity (Wildman–Crippen MR) is 149 cm³/mol. The molecule has 1 aromatic rings. The van der Waals surface area contributed by atoms with Crippen LogP contribution in [0.5, 0.6) is 0 Å². The number of aromatic nitrogens is 1. The van der Waals surface area contributed by atoms with Crippen molar-refractivity contribution in [2.24, 2.45) is 11.8 Å². The molecule has 0 radical (unpaired) electrons. The number of aryl methyl sites for hydroxylation is 1. The average molecular weight is 560 g/mol. The van der Waals surface area contributed by atoms with E-state index < -0.39 is 35.8 Å². The van der Waals surface area contributed by atoms with E-state index in [1.807, 2.05) is 19.1 Å². The second-order valence-electron chi connectivity index (χ2n) is 9.29. The molecule has 40 heavy (non-hydrogen) atoms. The van der Waals surface area contributed by atoms with E-state index in [4.69, 9.17) is 9.26 Å². The van der Waals surface area contributed by atoms with E-state index in [0.29, 0.717) is 25.1 Å². The summed E-state index contributed by atoms with van der Waals surface area (Å²) < 4.78 is 9.74. The fourth-order valence-corrected chi connectivity index (χ4v) is 3.64. The van der Waals surface area contributed by atoms with Gasteiger partial charge in [-0.3, -0.25) is 19.2 Å². The largest absolute Gasteiger partial charge is 0.463 e. The summed E-state index contributed by atoms with van der Waals surface area (Å²) in [6, 6.07) is -0.0743. The van der Waals surface area contributed by atoms with Gasteiger partial charge < -0.3 is 30.5 Å². The van der Waals surface area contributed by atoms with Gasteiger partial charge in [-0.1, -0.05) is 49.9 Å². The fraction of sp³-hybridized carbons (Fsp3) is 0.500. The minimum Gasteiger partial charge on any atom is -0.463 e. The lowest BCUT2D eigenvalue weighted by Gasteiger charge is -2.22. The Morgan fingerprint density at radius 3 is 2.50 bits per heavy atom. The van der Waals surface area contributed by atoms with Crippen molar-refractivity contribution in [2.45, 2.75) is 59.5 Å². The minimum absolute atomic E-state index is 0.0471. The molecule has 1 saturated heterocycles. The number of nitrogens with zero attached hydrogens (tertiary/aromatic N) is 1. The number of hydrogen-bond acceptors (Lipinski definition) is 8. The van der Waals surface area contributed by atoms with E-state index in [9.17, 15) is 24.0 Å². The summed E-state index contributed by atoms with van der Waals surface area (Å²) in [5.41, 5.74) is 0.0471. The van der Waals surface area contributed by atoms with Gasteiger partial charge in [0.05, 0.1) is 13.2 Å². The number of carbonyl (C=O) groups excluding carboxylic acids is 5. The van der Waals surface area contributed by atoms with Gasteiger partial charge in [-0.15, -0.1) is 0 Å². The monoisotopic (exact) mass is 559 g/mol. The molecule has 0 bridgehead atoms. The standard InChI is InChI=1S/C23H33N5O7.C5H8/c1-5-34-19(30)7-6-16(11-15-8-9-24-21(15)31)26-18(29)12-25-23(33)20(13(2)3)27-22(32)17-10-14(4)35-28-17;1-3-5-4-2/h6-7,10,13,15-16,20H,5,8-9,11-12H2,1-4H3,(H,24,31)(H,25,33)(H,26,29)(H,27,32);3-5H,1H2,2H3/b7-6+;5-4-. The normalized spacial score (nSPS) is 16.1. The maximum Gasteiger partial charge on any atom is 0.330 e. The summed E-state index contributed by atoms with van der Waals surface area (Å²) in [5, 5.41) is 14.2. The van der Waals surface area contributed by atoms with E-state index in [1.54, 1.807) is 33.8 Å². The average Bonchev–Trinajstić information content (AvgIpc) is 3.52. The molecular weight excluding hydrogens is 518 g/mol. The number of ether oxygens (including phenoxy) is 1. The lowest BCUT2D eigenvalue weighted by atomic mass is 9.98. The molecule has 1 aliphatic rings. The minimum atomic E-state index is -0.908. The molecule has 12 heteroatoms. The van der Waals surface area contributed by atoms with Gasteiger partial charge in [0.15, 0.2) is 5.69 Å². The molecule has 0 saturated carbocycles. The second kappa shape index (κ2) is 18.1. The van der Waals surface area contributed by atoms with Crippen molar-refractivity contribution in [1.82, 2.24) is 26.4 Å². The van der Waals surface area contributed by atoms with Crippen LogP contribution in [0.25, 0.3) is 0 Å². The first-order valence-corrected chi connectivity index (χ1v) is 13.2. The van der Waals surface area contributed by atoms with E-state index in [2.05, 4.69) is 33.0 Å². The van der Waals surface area contributed by atoms with Crippen LogP contribution >= 0.6 is 0 Å². The molecule has 3 atom stereocenters. The van der Waals surface area contributed by atoms with Gasteiger partial charge in [0.25, 0.3) is 5.91 Å². The highest BCUT2D eigenvalue weighted by atomic mass is 16.5. The molecule has 12 nitrogen and oxygen atoms in total. The van der Waals surface area contributed by atoms with Crippen LogP contribution in [0.15, 0.2) is 47.5 Å². The maximum absolute atomic E-state index is 12.7. The van der Waals surface area contributed by atoms with Crippen molar-refractivity contribution in [3.8, 4) is 0 Å². The molecule has 220 valence electrons. The molecule has 2 heterocycles. The Labute approximate surface area is 235 Å². The Morgan fingerprint density at radius 1 is 1.27 bits per heavy atom. The van der Waals surface area contributed by atoms with E-state index in [1.165, 1.54) is 18.2 Å². The van der Waals surface area contributed by atoms with Gasteiger partial charge in [-0.25, -0.2) is 4.79 Å². The number of carbonyl (C=O) groups is 5. The van der Waals surface area contributed by atoms with Crippen LogP contribution in [0, 0.1) is 18.8 Å². The molecule has 4 N–H and O–H groups in total. The quantitative estimate of drug-likeness (QED) is 0.161. The van der Waals surface area contributed by atoms with Crippen molar-refractivity contribution >= 4 is 29.6 Å². The highest BCUT2D eigenvalue weighted by Crippen LogP contribution is 2.17. The van der Waals surface area contributed by atoms with Crippen LogP contribution in [0.4, 0.5) is 0 Å². The molecule has 0 aliphatic carbocycles. The molecule has 1 aliphatic heterocycles. The second-order valence-corrected chi connectivity index (χ2v) is 9.29. The van der Waals surface area contributed by atoms with Gasteiger partial charge in [0, 0.05) is 30.6 Å². The third-order valence-corrected chi connectivity index (χ3v) is 5.65. The predicted octanol–water partition coefficient (Wildman–Crippen LogP) is 1.73. The number of nitrogens with one attached hydrogen (secondary N) is 4. The Bertz CT molecular complexity index is 1080. The van der Waals surface area contributed by atoms with E-state index >= 15 is 0 Å². The van der Waals surface area contributed by atoms with Crippen molar-refractivity contribution in [2.75, 3.05) is 19.7 Å². The molecule has 0 spiro atoms. The summed E-state index contributed by atoms with van der Waals surface area (Å²) in [7, 11) is 0. The van der Waals surface area contributed by atoms with Gasteiger partial charge >= 0.3 is 5.97 Å². The van der Waals surface area contributed by atoms with Crippen molar-refractivity contribution in [1.29, 1.82) is 0 Å². The Kier molecular flexibility index (Phi) is 15.3. The van der Waals surface area contributed by atoms with Crippen LogP contribution in [0.2, 0.25) is 0 Å². The lowest BCUT2D eigenvalue weighted by Crippen LogP contribution is -2.52. The zero-order valence-electron chi connectivity index (χ0n) is 23.8. The molecule has 1 aromatic heterocycles. The molecule has 3 unspecified atom stereocenters. The topological polar surface area (TPSA) is 169 Å².